The first-order valence-electron chi connectivity index (χ1n) is 10.3. The van der Waals surface area contributed by atoms with Gasteiger partial charge in [-0.25, -0.2) is 0 Å². The lowest BCUT2D eigenvalue weighted by atomic mass is 9.83. The highest BCUT2D eigenvalue weighted by Gasteiger charge is 2.39. The number of hydrogen-bond acceptors (Lipinski definition) is 3. The quantitative estimate of drug-likeness (QED) is 0.373. The highest BCUT2D eigenvalue weighted by Crippen LogP contribution is 2.35. The maximum Gasteiger partial charge on any atom is 0.252 e. The molecule has 0 spiro atoms. The Morgan fingerprint density at radius 1 is 1.09 bits per heavy atom. The fraction of sp³-hybridized carbons (Fsp3) is 0.409. The van der Waals surface area contributed by atoms with E-state index in [1.165, 1.54) is 0 Å². The van der Waals surface area contributed by atoms with Gasteiger partial charge in [-0.05, 0) is 49.7 Å². The van der Waals surface area contributed by atoms with Crippen LogP contribution in [0.3, 0.4) is 0 Å². The highest BCUT2D eigenvalue weighted by molar-refractivity contribution is 7.80. The lowest BCUT2D eigenvalue weighted by Gasteiger charge is -2.44. The molecule has 0 unspecified atom stereocenters. The zero-order valence-electron chi connectivity index (χ0n) is 17.4. The second-order valence-electron chi connectivity index (χ2n) is 8.37. The lowest BCUT2D eigenvalue weighted by molar-refractivity contribution is 0.0932. The number of benzene rings is 1. The van der Waals surface area contributed by atoms with Gasteiger partial charge < -0.3 is 20.1 Å². The fourth-order valence-electron chi connectivity index (χ4n) is 4.40. The molecule has 2 aliphatic rings. The minimum atomic E-state index is -1.82. The van der Waals surface area contributed by atoms with Crippen molar-refractivity contribution in [3.63, 3.8) is 0 Å². The number of halogens is 3. The van der Waals surface area contributed by atoms with E-state index < -0.39 is 9.96 Å². The van der Waals surface area contributed by atoms with Gasteiger partial charge in [-0.15, -0.1) is 0 Å². The Bertz CT molecular complexity index is 1080. The molecule has 2 aromatic rings. The second kappa shape index (κ2) is 9.21. The molecule has 6 nitrogen and oxygen atoms in total. The number of pyridine rings is 1. The fourth-order valence-corrected chi connectivity index (χ4v) is 4.99. The largest absolute Gasteiger partial charge is 0.348 e. The van der Waals surface area contributed by atoms with Gasteiger partial charge in [0.15, 0.2) is 5.11 Å². The maximum atomic E-state index is 12.7. The number of nitrogens with zero attached hydrogens (tertiary/aromatic N) is 2. The van der Waals surface area contributed by atoms with Gasteiger partial charge in [0.05, 0.1) is 0 Å². The van der Waals surface area contributed by atoms with E-state index in [0.717, 1.165) is 17.7 Å². The van der Waals surface area contributed by atoms with Crippen LogP contribution >= 0.6 is 47.0 Å². The average molecular weight is 514 g/mol. The topological polar surface area (TPSA) is 66.4 Å². The molecule has 2 bridgehead atoms. The number of rotatable bonds is 3. The number of carbonyl (C=O) groups excluding carboxylic acids is 1. The third kappa shape index (κ3) is 5.06. The maximum absolute atomic E-state index is 12.7. The molecule has 1 aromatic heterocycles. The summed E-state index contributed by atoms with van der Waals surface area (Å²) in [5.74, 6) is 0.0967. The number of carbonyl (C=O) groups is 1. The van der Waals surface area contributed by atoms with E-state index in [1.54, 1.807) is 24.3 Å². The highest BCUT2D eigenvalue weighted by atomic mass is 35.6. The third-order valence-electron chi connectivity index (χ3n) is 5.95. The minimum Gasteiger partial charge on any atom is -0.348 e. The van der Waals surface area contributed by atoms with Crippen LogP contribution in [0.15, 0.2) is 47.3 Å². The summed E-state index contributed by atoms with van der Waals surface area (Å²) in [7, 11) is 0. The van der Waals surface area contributed by atoms with E-state index in [2.05, 4.69) is 10.6 Å². The Morgan fingerprint density at radius 2 is 1.81 bits per heavy atom. The first-order valence-corrected chi connectivity index (χ1v) is 11.9. The molecular formula is C22H23Cl3N4O2S. The molecule has 1 saturated heterocycles. The molecule has 1 fully saturated rings. The lowest BCUT2D eigenvalue weighted by Crippen LogP contribution is -2.60. The van der Waals surface area contributed by atoms with Gasteiger partial charge in [0, 0.05) is 42.9 Å². The molecule has 3 heterocycles. The van der Waals surface area contributed by atoms with Gasteiger partial charge in [-0.2, -0.15) is 0 Å². The summed E-state index contributed by atoms with van der Waals surface area (Å²) in [6.45, 7) is 3.92. The number of aryl methyl sites for hydroxylation is 1. The number of likely N-dealkylation sites (tertiary alicyclic amines) is 1. The Labute approximate surface area is 206 Å². The van der Waals surface area contributed by atoms with Crippen LogP contribution in [-0.2, 0) is 6.54 Å². The Kier molecular flexibility index (Phi) is 6.73. The van der Waals surface area contributed by atoms with Crippen LogP contribution in [-0.4, -0.2) is 43.5 Å². The van der Waals surface area contributed by atoms with E-state index in [-0.39, 0.29) is 23.3 Å². The molecule has 2 N–H and O–H groups in total. The van der Waals surface area contributed by atoms with Crippen LogP contribution in [0.4, 0.5) is 0 Å². The number of hydrogen-bond donors (Lipinski definition) is 2. The van der Waals surface area contributed by atoms with E-state index in [1.807, 2.05) is 34.6 Å². The molecule has 10 heteroatoms. The minimum absolute atomic E-state index is 0.0291. The van der Waals surface area contributed by atoms with Crippen molar-refractivity contribution in [3.8, 4) is 0 Å². The van der Waals surface area contributed by atoms with E-state index in [4.69, 9.17) is 47.0 Å². The van der Waals surface area contributed by atoms with Gasteiger partial charge in [-0.3, -0.25) is 9.59 Å². The van der Waals surface area contributed by atoms with Gasteiger partial charge in [0.2, 0.25) is 3.79 Å². The van der Waals surface area contributed by atoms with E-state index >= 15 is 0 Å². The first-order chi connectivity index (χ1) is 15.1. The normalized spacial score (nSPS) is 20.8. The summed E-state index contributed by atoms with van der Waals surface area (Å²) < 4.78 is 0.0363. The predicted molar refractivity (Wildman–Crippen MR) is 132 cm³/mol. The molecule has 32 heavy (non-hydrogen) atoms. The summed E-state index contributed by atoms with van der Waals surface area (Å²) in [5.41, 5.74) is 2.55. The van der Waals surface area contributed by atoms with Crippen molar-refractivity contribution in [1.29, 1.82) is 0 Å². The average Bonchev–Trinajstić information content (AvgIpc) is 2.73. The molecule has 2 aliphatic heterocycles. The standard InChI is InChI=1S/C22H23Cl3N4O2S/c1-13-5-7-15(8-6-13)19(31)26-20(22(23,24)25)27-21(32)28-10-14-9-16(12-28)17-3-2-4-18(30)29(17)11-14/h2-8,14,16,20H,9-12H2,1H3,(H,26,31)(H,27,32)/t14-,16+,20-/m1/s1. The number of thiocarbonyl (C=S) groups is 1. The molecule has 1 aromatic carbocycles. The Morgan fingerprint density at radius 3 is 2.50 bits per heavy atom. The van der Waals surface area contributed by atoms with Crippen molar-refractivity contribution < 1.29 is 4.79 Å². The second-order valence-corrected chi connectivity index (χ2v) is 11.1. The van der Waals surface area contributed by atoms with Crippen molar-refractivity contribution in [2.75, 3.05) is 13.1 Å². The van der Waals surface area contributed by atoms with Gasteiger partial charge in [0.1, 0.15) is 6.17 Å². The molecule has 3 atom stereocenters. The van der Waals surface area contributed by atoms with Crippen molar-refractivity contribution in [2.45, 2.75) is 35.8 Å². The van der Waals surface area contributed by atoms with Gasteiger partial charge in [0.25, 0.3) is 11.5 Å². The number of piperidine rings is 1. The number of amides is 1. The molecule has 0 aliphatic carbocycles. The van der Waals surface area contributed by atoms with E-state index in [9.17, 15) is 9.59 Å². The Hall–Kier alpha value is -1.80. The van der Waals surface area contributed by atoms with Crippen molar-refractivity contribution >= 4 is 58.0 Å². The van der Waals surface area contributed by atoms with Crippen LogP contribution in [0.2, 0.25) is 0 Å². The summed E-state index contributed by atoms with van der Waals surface area (Å²) in [6, 6.07) is 12.5. The number of alkyl halides is 3. The van der Waals surface area contributed by atoms with Crippen LogP contribution in [0.1, 0.15) is 34.0 Å². The van der Waals surface area contributed by atoms with Crippen LogP contribution in [0.5, 0.6) is 0 Å². The van der Waals surface area contributed by atoms with Crippen molar-refractivity contribution in [1.82, 2.24) is 20.1 Å². The molecule has 0 saturated carbocycles. The summed E-state index contributed by atoms with van der Waals surface area (Å²) in [6.07, 6.45) is -0.0221. The van der Waals surface area contributed by atoms with E-state index in [0.29, 0.717) is 30.3 Å². The molecule has 170 valence electrons. The summed E-state index contributed by atoms with van der Waals surface area (Å²) in [5, 5.41) is 6.15. The molecular weight excluding hydrogens is 491 g/mol. The Balaban J connectivity index is 1.47. The van der Waals surface area contributed by atoms with Crippen molar-refractivity contribution in [3.05, 3.63) is 69.6 Å². The van der Waals surface area contributed by atoms with Crippen LogP contribution in [0.25, 0.3) is 0 Å². The zero-order chi connectivity index (χ0) is 23.0. The molecule has 1 amide bonds. The monoisotopic (exact) mass is 512 g/mol. The van der Waals surface area contributed by atoms with Gasteiger partial charge in [-0.1, -0.05) is 58.6 Å². The summed E-state index contributed by atoms with van der Waals surface area (Å²) >= 11 is 24.1. The molecule has 0 radical (unpaired) electrons. The number of fused-ring (bicyclic) bond motifs is 4. The van der Waals surface area contributed by atoms with Gasteiger partial charge >= 0.3 is 0 Å². The zero-order valence-corrected chi connectivity index (χ0v) is 20.4. The SMILES string of the molecule is Cc1ccc(C(=O)N[C@H](NC(=S)N2C[C@H]3C[C@@H](C2)c2cccc(=O)n2C3)C(Cl)(Cl)Cl)cc1. The number of nitrogens with one attached hydrogen (secondary N) is 2. The summed E-state index contributed by atoms with van der Waals surface area (Å²) in [4.78, 5) is 26.9. The first kappa shape index (κ1) is 23.4. The smallest absolute Gasteiger partial charge is 0.252 e. The number of aromatic nitrogens is 1. The predicted octanol–water partition coefficient (Wildman–Crippen LogP) is 3.58. The molecule has 4 rings (SSSR count). The van der Waals surface area contributed by atoms with Crippen molar-refractivity contribution in [2.24, 2.45) is 5.92 Å². The third-order valence-corrected chi connectivity index (χ3v) is 6.98. The van der Waals surface area contributed by atoms with Crippen LogP contribution < -0.4 is 16.2 Å². The van der Waals surface area contributed by atoms with Crippen LogP contribution in [0, 0.1) is 12.8 Å².